The first-order chi connectivity index (χ1) is 8.15. The molecule has 0 aromatic carbocycles. The Kier molecular flexibility index (Phi) is 6.66. The van der Waals surface area contributed by atoms with Crippen LogP contribution in [0.25, 0.3) is 0 Å². The van der Waals surface area contributed by atoms with Gasteiger partial charge < -0.3 is 5.32 Å². The molecule has 0 saturated heterocycles. The van der Waals surface area contributed by atoms with Crippen LogP contribution in [0.5, 0.6) is 0 Å². The van der Waals surface area contributed by atoms with E-state index in [0.29, 0.717) is 16.4 Å². The van der Waals surface area contributed by atoms with Gasteiger partial charge in [-0.3, -0.25) is 0 Å². The molecule has 1 N–H and O–H groups in total. The maximum Gasteiger partial charge on any atom is 0.190 e. The standard InChI is InChI=1S/C12H20ClN3S/c1-4-5-6-7-9(2)14-11-8-10(13)15-12(16-11)17-3/h8-9H,4-7H2,1-3H3,(H,14,15,16). The van der Waals surface area contributed by atoms with Crippen molar-refractivity contribution in [1.29, 1.82) is 0 Å². The average molecular weight is 274 g/mol. The number of hydrogen-bond acceptors (Lipinski definition) is 4. The average Bonchev–Trinajstić information content (AvgIpc) is 2.28. The van der Waals surface area contributed by atoms with Gasteiger partial charge in [-0.1, -0.05) is 49.5 Å². The monoisotopic (exact) mass is 273 g/mol. The molecule has 0 aliphatic rings. The molecule has 1 unspecified atom stereocenters. The Morgan fingerprint density at radius 1 is 1.41 bits per heavy atom. The highest BCUT2D eigenvalue weighted by molar-refractivity contribution is 7.98. The molecular weight excluding hydrogens is 254 g/mol. The van der Waals surface area contributed by atoms with Crippen molar-refractivity contribution in [2.24, 2.45) is 0 Å². The summed E-state index contributed by atoms with van der Waals surface area (Å²) < 4.78 is 0. The molecule has 96 valence electrons. The van der Waals surface area contributed by atoms with Crippen molar-refractivity contribution >= 4 is 29.2 Å². The molecule has 1 rings (SSSR count). The summed E-state index contributed by atoms with van der Waals surface area (Å²) in [6.45, 7) is 4.39. The molecule has 0 amide bonds. The first kappa shape index (κ1) is 14.6. The van der Waals surface area contributed by atoms with Gasteiger partial charge in [0.2, 0.25) is 0 Å². The number of thioether (sulfide) groups is 1. The molecule has 0 bridgehead atoms. The minimum atomic E-state index is 0.419. The second kappa shape index (κ2) is 7.77. The quantitative estimate of drug-likeness (QED) is 0.349. The van der Waals surface area contributed by atoms with E-state index >= 15 is 0 Å². The highest BCUT2D eigenvalue weighted by Crippen LogP contribution is 2.18. The predicted octanol–water partition coefficient (Wildman–Crippen LogP) is 4.23. The molecule has 1 aromatic heterocycles. The lowest BCUT2D eigenvalue weighted by atomic mass is 10.1. The Labute approximate surface area is 113 Å². The summed E-state index contributed by atoms with van der Waals surface area (Å²) in [5, 5.41) is 4.57. The van der Waals surface area contributed by atoms with Crippen LogP contribution in [0.15, 0.2) is 11.2 Å². The van der Waals surface area contributed by atoms with Gasteiger partial charge in [-0.05, 0) is 19.6 Å². The maximum atomic E-state index is 5.93. The van der Waals surface area contributed by atoms with Crippen molar-refractivity contribution in [2.75, 3.05) is 11.6 Å². The Morgan fingerprint density at radius 3 is 2.82 bits per heavy atom. The number of unbranched alkanes of at least 4 members (excludes halogenated alkanes) is 2. The molecular formula is C12H20ClN3S. The summed E-state index contributed by atoms with van der Waals surface area (Å²) >= 11 is 7.43. The van der Waals surface area contributed by atoms with Crippen molar-refractivity contribution in [3.05, 3.63) is 11.2 Å². The Bertz CT molecular complexity index is 347. The van der Waals surface area contributed by atoms with E-state index < -0.39 is 0 Å². The van der Waals surface area contributed by atoms with Crippen LogP contribution >= 0.6 is 23.4 Å². The van der Waals surface area contributed by atoms with E-state index in [1.165, 1.54) is 31.0 Å². The van der Waals surface area contributed by atoms with Crippen LogP contribution < -0.4 is 5.32 Å². The van der Waals surface area contributed by atoms with E-state index in [1.807, 2.05) is 6.26 Å². The molecule has 5 heteroatoms. The van der Waals surface area contributed by atoms with Crippen LogP contribution in [0.2, 0.25) is 5.15 Å². The van der Waals surface area contributed by atoms with Crippen LogP contribution in [0.4, 0.5) is 5.82 Å². The second-order valence-corrected chi connectivity index (χ2v) is 5.26. The Balaban J connectivity index is 2.52. The third kappa shape index (κ3) is 5.59. The van der Waals surface area contributed by atoms with Gasteiger partial charge in [-0.15, -0.1) is 0 Å². The lowest BCUT2D eigenvalue weighted by Crippen LogP contribution is -2.16. The summed E-state index contributed by atoms with van der Waals surface area (Å²) in [7, 11) is 0. The molecule has 0 spiro atoms. The van der Waals surface area contributed by atoms with Gasteiger partial charge in [0.1, 0.15) is 11.0 Å². The van der Waals surface area contributed by atoms with Crippen LogP contribution in [0.3, 0.4) is 0 Å². The van der Waals surface area contributed by atoms with Crippen LogP contribution in [0, 0.1) is 0 Å². The second-order valence-electron chi connectivity index (χ2n) is 4.10. The van der Waals surface area contributed by atoms with Gasteiger partial charge >= 0.3 is 0 Å². The molecule has 0 radical (unpaired) electrons. The zero-order chi connectivity index (χ0) is 12.7. The largest absolute Gasteiger partial charge is 0.367 e. The number of anilines is 1. The SMILES string of the molecule is CCCCCC(C)Nc1cc(Cl)nc(SC)n1. The van der Waals surface area contributed by atoms with Gasteiger partial charge in [-0.25, -0.2) is 9.97 Å². The van der Waals surface area contributed by atoms with E-state index in [0.717, 1.165) is 12.2 Å². The summed E-state index contributed by atoms with van der Waals surface area (Å²) in [6, 6.07) is 2.19. The number of nitrogens with one attached hydrogen (secondary N) is 1. The van der Waals surface area contributed by atoms with E-state index in [-0.39, 0.29) is 0 Å². The number of rotatable bonds is 7. The van der Waals surface area contributed by atoms with Gasteiger partial charge in [-0.2, -0.15) is 0 Å². The third-order valence-electron chi connectivity index (χ3n) is 2.49. The minimum Gasteiger partial charge on any atom is -0.367 e. The van der Waals surface area contributed by atoms with Gasteiger partial charge in [0.25, 0.3) is 0 Å². The van der Waals surface area contributed by atoms with Crippen LogP contribution in [-0.4, -0.2) is 22.3 Å². The van der Waals surface area contributed by atoms with E-state index in [1.54, 1.807) is 6.07 Å². The normalized spacial score (nSPS) is 12.5. The zero-order valence-corrected chi connectivity index (χ0v) is 12.2. The van der Waals surface area contributed by atoms with Crippen molar-refractivity contribution in [1.82, 2.24) is 9.97 Å². The third-order valence-corrected chi connectivity index (χ3v) is 3.23. The summed E-state index contributed by atoms with van der Waals surface area (Å²) in [5.41, 5.74) is 0. The maximum absolute atomic E-state index is 5.93. The number of aromatic nitrogens is 2. The first-order valence-electron chi connectivity index (χ1n) is 6.00. The fraction of sp³-hybridized carbons (Fsp3) is 0.667. The van der Waals surface area contributed by atoms with Crippen molar-refractivity contribution < 1.29 is 0 Å². The Morgan fingerprint density at radius 2 is 2.18 bits per heavy atom. The minimum absolute atomic E-state index is 0.419. The van der Waals surface area contributed by atoms with Crippen LogP contribution in [0.1, 0.15) is 39.5 Å². The van der Waals surface area contributed by atoms with E-state index in [4.69, 9.17) is 11.6 Å². The Hall–Kier alpha value is -0.480. The number of hydrogen-bond donors (Lipinski definition) is 1. The van der Waals surface area contributed by atoms with Gasteiger partial charge in [0.15, 0.2) is 5.16 Å². The number of halogens is 1. The van der Waals surface area contributed by atoms with E-state index in [9.17, 15) is 0 Å². The highest BCUT2D eigenvalue weighted by Gasteiger charge is 2.06. The molecule has 1 atom stereocenters. The lowest BCUT2D eigenvalue weighted by molar-refractivity contribution is 0.613. The first-order valence-corrected chi connectivity index (χ1v) is 7.61. The summed E-state index contributed by atoms with van der Waals surface area (Å²) in [4.78, 5) is 8.49. The zero-order valence-electron chi connectivity index (χ0n) is 10.7. The molecule has 3 nitrogen and oxygen atoms in total. The van der Waals surface area contributed by atoms with Crippen molar-refractivity contribution in [3.63, 3.8) is 0 Å². The van der Waals surface area contributed by atoms with E-state index in [2.05, 4.69) is 29.1 Å². The smallest absolute Gasteiger partial charge is 0.190 e. The van der Waals surface area contributed by atoms with Gasteiger partial charge in [0, 0.05) is 12.1 Å². The van der Waals surface area contributed by atoms with Crippen LogP contribution in [-0.2, 0) is 0 Å². The topological polar surface area (TPSA) is 37.8 Å². The predicted molar refractivity (Wildman–Crippen MR) is 76.0 cm³/mol. The summed E-state index contributed by atoms with van der Waals surface area (Å²) in [6.07, 6.45) is 6.89. The fourth-order valence-corrected chi connectivity index (χ4v) is 2.20. The molecule has 0 aliphatic carbocycles. The van der Waals surface area contributed by atoms with Crippen molar-refractivity contribution in [2.45, 2.75) is 50.7 Å². The molecule has 0 aliphatic heterocycles. The highest BCUT2D eigenvalue weighted by atomic mass is 35.5. The summed E-state index contributed by atoms with van der Waals surface area (Å²) in [5.74, 6) is 0.818. The van der Waals surface area contributed by atoms with Gasteiger partial charge in [0.05, 0.1) is 0 Å². The molecule has 0 fully saturated rings. The molecule has 1 heterocycles. The van der Waals surface area contributed by atoms with Crippen molar-refractivity contribution in [3.8, 4) is 0 Å². The molecule has 0 saturated carbocycles. The number of nitrogens with zero attached hydrogens (tertiary/aromatic N) is 2. The molecule has 17 heavy (non-hydrogen) atoms. The fourth-order valence-electron chi connectivity index (χ4n) is 1.59. The molecule has 1 aromatic rings. The lowest BCUT2D eigenvalue weighted by Gasteiger charge is -2.14.